The molecule has 0 aliphatic carbocycles. The molecule has 0 radical (unpaired) electrons. The summed E-state index contributed by atoms with van der Waals surface area (Å²) in [6.07, 6.45) is 3.09. The van der Waals surface area contributed by atoms with Crippen molar-refractivity contribution in [3.05, 3.63) is 11.1 Å². The molecular weight excluding hydrogens is 258 g/mol. The van der Waals surface area contributed by atoms with Crippen molar-refractivity contribution >= 4 is 26.3 Å². The fourth-order valence-electron chi connectivity index (χ4n) is 1.28. The number of rotatable bonds is 7. The van der Waals surface area contributed by atoms with Crippen molar-refractivity contribution in [1.82, 2.24) is 9.88 Å². The Morgan fingerprint density at radius 2 is 2.24 bits per heavy atom. The van der Waals surface area contributed by atoms with Crippen LogP contribution in [0.1, 0.15) is 11.8 Å². The van der Waals surface area contributed by atoms with Gasteiger partial charge in [0, 0.05) is 37.0 Å². The number of anilines is 1. The van der Waals surface area contributed by atoms with Crippen molar-refractivity contribution < 1.29 is 8.42 Å². The highest BCUT2D eigenvalue weighted by Gasteiger charge is 2.08. The summed E-state index contributed by atoms with van der Waals surface area (Å²) in [6, 6.07) is 0. The van der Waals surface area contributed by atoms with Gasteiger partial charge in [0.2, 0.25) is 0 Å². The van der Waals surface area contributed by atoms with Gasteiger partial charge in [0.1, 0.15) is 9.84 Å². The van der Waals surface area contributed by atoms with Crippen molar-refractivity contribution in [1.29, 1.82) is 0 Å². The van der Waals surface area contributed by atoms with E-state index < -0.39 is 9.84 Å². The van der Waals surface area contributed by atoms with Gasteiger partial charge in [-0.05, 0) is 14.0 Å². The van der Waals surface area contributed by atoms with Gasteiger partial charge in [-0.1, -0.05) is 0 Å². The standard InChI is InChI=1S/C10H19N3O2S2/c1-4-11-10-12-7-9(16-10)8-13(2)5-6-17(3,14)15/h7H,4-6,8H2,1-3H3,(H,11,12). The maximum Gasteiger partial charge on any atom is 0.182 e. The van der Waals surface area contributed by atoms with Gasteiger partial charge in [0.25, 0.3) is 0 Å². The topological polar surface area (TPSA) is 62.3 Å². The van der Waals surface area contributed by atoms with Crippen molar-refractivity contribution in [2.75, 3.05) is 37.5 Å². The molecule has 7 heteroatoms. The Labute approximate surface area is 107 Å². The molecule has 0 amide bonds. The van der Waals surface area contributed by atoms with Gasteiger partial charge in [0.15, 0.2) is 5.13 Å². The third-order valence-electron chi connectivity index (χ3n) is 2.15. The second-order valence-corrected chi connectivity index (χ2v) is 7.40. The van der Waals surface area contributed by atoms with E-state index in [9.17, 15) is 8.42 Å². The zero-order chi connectivity index (χ0) is 12.9. The first-order valence-corrected chi connectivity index (χ1v) is 8.33. The SMILES string of the molecule is CCNc1ncc(CN(C)CCS(C)(=O)=O)s1. The number of hydrogen-bond donors (Lipinski definition) is 1. The second-order valence-electron chi connectivity index (χ2n) is 4.03. The van der Waals surface area contributed by atoms with Crippen LogP contribution in [0.4, 0.5) is 5.13 Å². The molecule has 1 rings (SSSR count). The minimum atomic E-state index is -2.88. The molecule has 1 aromatic heterocycles. The minimum absolute atomic E-state index is 0.197. The first-order chi connectivity index (χ1) is 7.90. The molecule has 1 aromatic rings. The van der Waals surface area contributed by atoms with Crippen LogP contribution in [0.3, 0.4) is 0 Å². The second kappa shape index (κ2) is 6.32. The molecule has 1 heterocycles. The van der Waals surface area contributed by atoms with Crippen molar-refractivity contribution in [2.45, 2.75) is 13.5 Å². The van der Waals surface area contributed by atoms with Crippen LogP contribution >= 0.6 is 11.3 Å². The Balaban J connectivity index is 2.42. The summed E-state index contributed by atoms with van der Waals surface area (Å²) in [4.78, 5) is 7.36. The Hall–Kier alpha value is -0.660. The first kappa shape index (κ1) is 14.4. The number of sulfone groups is 1. The van der Waals surface area contributed by atoms with Gasteiger partial charge >= 0.3 is 0 Å². The summed E-state index contributed by atoms with van der Waals surface area (Å²) in [5.74, 6) is 0.197. The maximum absolute atomic E-state index is 11.0. The number of aromatic nitrogens is 1. The van der Waals surface area contributed by atoms with E-state index in [4.69, 9.17) is 0 Å². The van der Waals surface area contributed by atoms with Crippen LogP contribution in [0.15, 0.2) is 6.20 Å². The summed E-state index contributed by atoms with van der Waals surface area (Å²) >= 11 is 1.61. The normalized spacial score (nSPS) is 12.0. The van der Waals surface area contributed by atoms with Gasteiger partial charge in [0.05, 0.1) is 5.75 Å². The smallest absolute Gasteiger partial charge is 0.182 e. The molecular formula is C10H19N3O2S2. The first-order valence-electron chi connectivity index (χ1n) is 5.45. The van der Waals surface area contributed by atoms with E-state index in [-0.39, 0.29) is 5.75 Å². The van der Waals surface area contributed by atoms with E-state index >= 15 is 0 Å². The lowest BCUT2D eigenvalue weighted by molar-refractivity contribution is 0.349. The zero-order valence-electron chi connectivity index (χ0n) is 10.4. The average Bonchev–Trinajstić information content (AvgIpc) is 2.62. The molecule has 5 nitrogen and oxygen atoms in total. The van der Waals surface area contributed by atoms with Gasteiger partial charge in [-0.2, -0.15) is 0 Å². The van der Waals surface area contributed by atoms with Gasteiger partial charge in [-0.25, -0.2) is 13.4 Å². The molecule has 0 aliphatic heterocycles. The largest absolute Gasteiger partial charge is 0.362 e. The van der Waals surface area contributed by atoms with Crippen molar-refractivity contribution in [2.24, 2.45) is 0 Å². The van der Waals surface area contributed by atoms with E-state index in [0.717, 1.165) is 23.1 Å². The molecule has 0 bridgehead atoms. The molecule has 0 fully saturated rings. The molecule has 1 N–H and O–H groups in total. The van der Waals surface area contributed by atoms with E-state index in [1.54, 1.807) is 11.3 Å². The van der Waals surface area contributed by atoms with Crippen LogP contribution in [0.2, 0.25) is 0 Å². The predicted molar refractivity (Wildman–Crippen MR) is 72.3 cm³/mol. The minimum Gasteiger partial charge on any atom is -0.362 e. The Morgan fingerprint density at radius 3 is 2.82 bits per heavy atom. The van der Waals surface area contributed by atoms with Crippen LogP contribution in [0.25, 0.3) is 0 Å². The number of nitrogens with one attached hydrogen (secondary N) is 1. The molecule has 0 aliphatic rings. The summed E-state index contributed by atoms with van der Waals surface area (Å²) < 4.78 is 22.1. The van der Waals surface area contributed by atoms with Crippen molar-refractivity contribution in [3.8, 4) is 0 Å². The lowest BCUT2D eigenvalue weighted by Crippen LogP contribution is -2.24. The Morgan fingerprint density at radius 1 is 1.53 bits per heavy atom. The molecule has 0 spiro atoms. The van der Waals surface area contributed by atoms with Crippen LogP contribution in [-0.4, -0.2) is 50.4 Å². The summed E-state index contributed by atoms with van der Waals surface area (Å²) in [5.41, 5.74) is 0. The summed E-state index contributed by atoms with van der Waals surface area (Å²) in [5, 5.41) is 4.07. The third-order valence-corrected chi connectivity index (χ3v) is 4.02. The van der Waals surface area contributed by atoms with E-state index in [1.807, 2.05) is 25.1 Å². The molecule has 0 aromatic carbocycles. The third kappa shape index (κ3) is 5.99. The summed E-state index contributed by atoms with van der Waals surface area (Å²) in [7, 11) is -0.967. The highest BCUT2D eigenvalue weighted by molar-refractivity contribution is 7.90. The number of nitrogens with zero attached hydrogens (tertiary/aromatic N) is 2. The molecule has 98 valence electrons. The van der Waals surface area contributed by atoms with Crippen LogP contribution in [-0.2, 0) is 16.4 Å². The fourth-order valence-corrected chi connectivity index (χ4v) is 2.88. The van der Waals surface area contributed by atoms with Gasteiger partial charge in [-0.3, -0.25) is 0 Å². The molecule has 0 atom stereocenters. The lowest BCUT2D eigenvalue weighted by Gasteiger charge is -2.14. The van der Waals surface area contributed by atoms with Crippen LogP contribution in [0, 0.1) is 0 Å². The fraction of sp³-hybridized carbons (Fsp3) is 0.700. The predicted octanol–water partition coefficient (Wildman–Crippen LogP) is 1.05. The summed E-state index contributed by atoms with van der Waals surface area (Å²) in [6.45, 7) is 4.17. The van der Waals surface area contributed by atoms with Gasteiger partial charge in [-0.15, -0.1) is 11.3 Å². The molecule has 17 heavy (non-hydrogen) atoms. The molecule has 0 saturated heterocycles. The van der Waals surface area contributed by atoms with Crippen molar-refractivity contribution in [3.63, 3.8) is 0 Å². The maximum atomic E-state index is 11.0. The number of hydrogen-bond acceptors (Lipinski definition) is 6. The highest BCUT2D eigenvalue weighted by atomic mass is 32.2. The number of thiazole rings is 1. The van der Waals surface area contributed by atoms with E-state index in [2.05, 4.69) is 10.3 Å². The molecule has 0 saturated carbocycles. The van der Waals surface area contributed by atoms with E-state index in [1.165, 1.54) is 6.26 Å². The average molecular weight is 277 g/mol. The zero-order valence-corrected chi connectivity index (χ0v) is 12.1. The Kier molecular flexibility index (Phi) is 5.35. The Bertz CT molecular complexity index is 442. The van der Waals surface area contributed by atoms with Gasteiger partial charge < -0.3 is 10.2 Å². The quantitative estimate of drug-likeness (QED) is 0.807. The monoisotopic (exact) mass is 277 g/mol. The molecule has 0 unspecified atom stereocenters. The lowest BCUT2D eigenvalue weighted by atomic mass is 10.5. The van der Waals surface area contributed by atoms with E-state index in [0.29, 0.717) is 6.54 Å². The van der Waals surface area contributed by atoms with Crippen LogP contribution in [0.5, 0.6) is 0 Å². The highest BCUT2D eigenvalue weighted by Crippen LogP contribution is 2.18. The van der Waals surface area contributed by atoms with Crippen LogP contribution < -0.4 is 5.32 Å².